The van der Waals surface area contributed by atoms with E-state index in [0.717, 1.165) is 0 Å². The number of ether oxygens (including phenoxy) is 1. The van der Waals surface area contributed by atoms with Crippen molar-refractivity contribution in [3.05, 3.63) is 25.0 Å². The molecular formula is C8H13O3. The van der Waals surface area contributed by atoms with E-state index in [1.165, 1.54) is 0 Å². The molecule has 0 N–H and O–H groups in total. The molecule has 0 aromatic rings. The molecule has 0 aliphatic heterocycles. The van der Waals surface area contributed by atoms with Crippen LogP contribution in [0.5, 0.6) is 0 Å². The summed E-state index contributed by atoms with van der Waals surface area (Å²) in [6.45, 7) is 10.0. The fourth-order valence-corrected chi connectivity index (χ4v) is 0.254. The predicted molar refractivity (Wildman–Crippen MR) is 42.3 cm³/mol. The van der Waals surface area contributed by atoms with Gasteiger partial charge in [0.15, 0.2) is 0 Å². The minimum absolute atomic E-state index is 0.312. The van der Waals surface area contributed by atoms with Crippen molar-refractivity contribution in [3.63, 3.8) is 0 Å². The minimum atomic E-state index is -0.312. The lowest BCUT2D eigenvalue weighted by Gasteiger charge is -1.96. The van der Waals surface area contributed by atoms with Gasteiger partial charge in [0.25, 0.3) is 0 Å². The SMILES string of the molecule is C=C(C)C(=O)OCC.C=C[O]. The zero-order valence-electron chi connectivity index (χ0n) is 6.92. The summed E-state index contributed by atoms with van der Waals surface area (Å²) in [5.74, 6) is -0.312. The normalized spacial score (nSPS) is 7.09. The van der Waals surface area contributed by atoms with Crippen LogP contribution in [0.1, 0.15) is 13.8 Å². The Labute approximate surface area is 67.0 Å². The van der Waals surface area contributed by atoms with Crippen molar-refractivity contribution in [2.45, 2.75) is 13.8 Å². The number of carbonyl (C=O) groups excluding carboxylic acids is 1. The van der Waals surface area contributed by atoms with Crippen molar-refractivity contribution in [1.29, 1.82) is 0 Å². The van der Waals surface area contributed by atoms with Gasteiger partial charge >= 0.3 is 5.97 Å². The molecule has 0 atom stereocenters. The first-order valence-electron chi connectivity index (χ1n) is 3.15. The average Bonchev–Trinajstić information content (AvgIpc) is 1.90. The Bertz CT molecular complexity index is 138. The Hall–Kier alpha value is -1.25. The molecule has 0 heterocycles. The summed E-state index contributed by atoms with van der Waals surface area (Å²) >= 11 is 0. The van der Waals surface area contributed by atoms with Gasteiger partial charge < -0.3 is 4.74 Å². The van der Waals surface area contributed by atoms with Crippen LogP contribution < -0.4 is 0 Å². The fraction of sp³-hybridized carbons (Fsp3) is 0.375. The molecular weight excluding hydrogens is 144 g/mol. The molecule has 3 heteroatoms. The Morgan fingerprint density at radius 2 is 2.00 bits per heavy atom. The van der Waals surface area contributed by atoms with Crippen LogP contribution in [-0.4, -0.2) is 12.6 Å². The molecule has 0 spiro atoms. The van der Waals surface area contributed by atoms with Crippen molar-refractivity contribution in [2.24, 2.45) is 0 Å². The summed E-state index contributed by atoms with van der Waals surface area (Å²) in [6.07, 6.45) is 0.500. The third kappa shape index (κ3) is 12.1. The van der Waals surface area contributed by atoms with Gasteiger partial charge in [-0.3, -0.25) is 5.11 Å². The molecule has 0 rings (SSSR count). The molecule has 1 radical (unpaired) electrons. The van der Waals surface area contributed by atoms with Crippen molar-refractivity contribution >= 4 is 5.97 Å². The molecule has 0 amide bonds. The van der Waals surface area contributed by atoms with Crippen molar-refractivity contribution in [2.75, 3.05) is 6.61 Å². The molecule has 0 fully saturated rings. The van der Waals surface area contributed by atoms with E-state index in [9.17, 15) is 4.79 Å². The van der Waals surface area contributed by atoms with Gasteiger partial charge in [-0.2, -0.15) is 0 Å². The molecule has 0 aliphatic rings. The van der Waals surface area contributed by atoms with Crippen molar-refractivity contribution in [3.8, 4) is 0 Å². The second kappa shape index (κ2) is 8.75. The lowest BCUT2D eigenvalue weighted by Crippen LogP contribution is -2.03. The van der Waals surface area contributed by atoms with E-state index in [0.29, 0.717) is 18.4 Å². The third-order valence-electron chi connectivity index (χ3n) is 0.624. The second-order valence-electron chi connectivity index (χ2n) is 1.67. The van der Waals surface area contributed by atoms with Crippen LogP contribution >= 0.6 is 0 Å². The van der Waals surface area contributed by atoms with Gasteiger partial charge in [-0.15, -0.1) is 0 Å². The van der Waals surface area contributed by atoms with Crippen molar-refractivity contribution < 1.29 is 14.6 Å². The highest BCUT2D eigenvalue weighted by atomic mass is 16.5. The number of hydrogen-bond donors (Lipinski definition) is 0. The van der Waals surface area contributed by atoms with E-state index in [1.807, 2.05) is 0 Å². The van der Waals surface area contributed by atoms with Gasteiger partial charge in [0, 0.05) is 5.57 Å². The lowest BCUT2D eigenvalue weighted by atomic mass is 10.4. The largest absolute Gasteiger partial charge is 0.463 e. The quantitative estimate of drug-likeness (QED) is 0.348. The van der Waals surface area contributed by atoms with E-state index in [2.05, 4.69) is 17.9 Å². The van der Waals surface area contributed by atoms with Gasteiger partial charge in [-0.25, -0.2) is 4.79 Å². The van der Waals surface area contributed by atoms with Gasteiger partial charge in [-0.05, 0) is 13.8 Å². The van der Waals surface area contributed by atoms with Crippen LogP contribution in [0.4, 0.5) is 0 Å². The highest BCUT2D eigenvalue weighted by Gasteiger charge is 1.98. The summed E-state index contributed by atoms with van der Waals surface area (Å²) in [4.78, 5) is 10.4. The Balaban J connectivity index is 0. The smallest absolute Gasteiger partial charge is 0.333 e. The molecule has 0 saturated carbocycles. The summed E-state index contributed by atoms with van der Waals surface area (Å²) < 4.78 is 4.56. The Morgan fingerprint density at radius 3 is 2.09 bits per heavy atom. The van der Waals surface area contributed by atoms with Crippen LogP contribution in [0.15, 0.2) is 25.0 Å². The fourth-order valence-electron chi connectivity index (χ4n) is 0.254. The summed E-state index contributed by atoms with van der Waals surface area (Å²) in [7, 11) is 0. The molecule has 0 unspecified atom stereocenters. The summed E-state index contributed by atoms with van der Waals surface area (Å²) in [5, 5.41) is 8.69. The predicted octanol–water partition coefficient (Wildman–Crippen LogP) is 1.69. The molecule has 0 aromatic heterocycles. The first-order valence-corrected chi connectivity index (χ1v) is 3.15. The molecule has 0 aromatic carbocycles. The van der Waals surface area contributed by atoms with Crippen LogP contribution in [-0.2, 0) is 14.6 Å². The number of esters is 1. The van der Waals surface area contributed by atoms with Crippen LogP contribution in [0.25, 0.3) is 0 Å². The Morgan fingerprint density at radius 1 is 1.64 bits per heavy atom. The van der Waals surface area contributed by atoms with Crippen LogP contribution in [0.3, 0.4) is 0 Å². The molecule has 3 nitrogen and oxygen atoms in total. The van der Waals surface area contributed by atoms with E-state index >= 15 is 0 Å². The molecule has 0 aliphatic carbocycles. The number of carbonyl (C=O) groups is 1. The zero-order chi connectivity index (χ0) is 9.28. The van der Waals surface area contributed by atoms with E-state index in [4.69, 9.17) is 5.11 Å². The molecule has 11 heavy (non-hydrogen) atoms. The first kappa shape index (κ1) is 12.4. The number of hydrogen-bond acceptors (Lipinski definition) is 2. The van der Waals surface area contributed by atoms with E-state index in [1.54, 1.807) is 13.8 Å². The monoisotopic (exact) mass is 157 g/mol. The summed E-state index contributed by atoms with van der Waals surface area (Å²) in [5.41, 5.74) is 0.451. The lowest BCUT2D eigenvalue weighted by molar-refractivity contribution is -0.138. The maximum atomic E-state index is 10.4. The Kier molecular flexibility index (Phi) is 9.89. The van der Waals surface area contributed by atoms with E-state index in [-0.39, 0.29) is 5.97 Å². The molecule has 63 valence electrons. The van der Waals surface area contributed by atoms with Gasteiger partial charge in [0.1, 0.15) is 6.26 Å². The molecule has 0 bridgehead atoms. The summed E-state index contributed by atoms with van der Waals surface area (Å²) in [6, 6.07) is 0. The third-order valence-corrected chi connectivity index (χ3v) is 0.624. The molecule has 0 saturated heterocycles. The van der Waals surface area contributed by atoms with Crippen LogP contribution in [0, 0.1) is 0 Å². The van der Waals surface area contributed by atoms with Gasteiger partial charge in [-0.1, -0.05) is 13.2 Å². The van der Waals surface area contributed by atoms with E-state index < -0.39 is 0 Å². The zero-order valence-corrected chi connectivity index (χ0v) is 6.92. The van der Waals surface area contributed by atoms with Gasteiger partial charge in [0.2, 0.25) is 0 Å². The maximum Gasteiger partial charge on any atom is 0.333 e. The topological polar surface area (TPSA) is 46.2 Å². The maximum absolute atomic E-state index is 10.4. The highest BCUT2D eigenvalue weighted by molar-refractivity contribution is 5.86. The minimum Gasteiger partial charge on any atom is -0.463 e. The average molecular weight is 157 g/mol. The van der Waals surface area contributed by atoms with Crippen molar-refractivity contribution in [1.82, 2.24) is 0 Å². The standard InChI is InChI=1S/C6H10O2.C2H3O/c1-4-8-6(7)5(2)3;1-2-3/h2,4H2,1,3H3;2H,1H2. The first-order chi connectivity index (χ1) is 5.09. The van der Waals surface area contributed by atoms with Crippen LogP contribution in [0.2, 0.25) is 0 Å². The number of rotatable bonds is 2. The second-order valence-corrected chi connectivity index (χ2v) is 1.67. The van der Waals surface area contributed by atoms with Gasteiger partial charge in [0.05, 0.1) is 6.61 Å². The highest BCUT2D eigenvalue weighted by Crippen LogP contribution is 1.89.